The van der Waals surface area contributed by atoms with Gasteiger partial charge < -0.3 is 14.6 Å². The summed E-state index contributed by atoms with van der Waals surface area (Å²) in [6.07, 6.45) is 0.256. The van der Waals surface area contributed by atoms with Gasteiger partial charge in [-0.15, -0.1) is 5.10 Å². The van der Waals surface area contributed by atoms with Gasteiger partial charge in [-0.2, -0.15) is 0 Å². The van der Waals surface area contributed by atoms with E-state index in [1.54, 1.807) is 16.9 Å². The molecule has 2 rings (SSSR count). The van der Waals surface area contributed by atoms with Crippen LogP contribution in [0.25, 0.3) is 11.3 Å². The van der Waals surface area contributed by atoms with E-state index in [9.17, 15) is 5.11 Å². The Morgan fingerprint density at radius 2 is 2.00 bits per heavy atom. The molecule has 0 saturated heterocycles. The molecule has 1 N–H and O–H groups in total. The maximum absolute atomic E-state index is 10.2. The molecule has 0 saturated carbocycles. The monoisotopic (exact) mass is 325 g/mol. The fourth-order valence-corrected chi connectivity index (χ4v) is 2.23. The van der Waals surface area contributed by atoms with Crippen LogP contribution in [0.5, 0.6) is 0 Å². The fourth-order valence-electron chi connectivity index (χ4n) is 2.04. The van der Waals surface area contributed by atoms with Crippen LogP contribution in [0, 0.1) is 0 Å². The summed E-state index contributed by atoms with van der Waals surface area (Å²) in [6, 6.07) is 7.37. The van der Waals surface area contributed by atoms with E-state index in [0.29, 0.717) is 23.9 Å². The largest absolute Gasteiger partial charge is 0.386 e. The predicted molar refractivity (Wildman–Crippen MR) is 83.5 cm³/mol. The molecule has 0 aliphatic heterocycles. The standard InChI is InChI=1S/C15H20ClN3O3/c1-3-21-15(22-4-2)14(20)10-19-9-13(17-18-19)11-6-5-7-12(16)8-11/h5-9,14-15,20H,3-4,10H2,1-2H3. The highest BCUT2D eigenvalue weighted by atomic mass is 35.5. The first-order valence-corrected chi connectivity index (χ1v) is 7.59. The van der Waals surface area contributed by atoms with E-state index in [0.717, 1.165) is 5.56 Å². The van der Waals surface area contributed by atoms with Crippen molar-refractivity contribution in [1.29, 1.82) is 0 Å². The molecular formula is C15H20ClN3O3. The van der Waals surface area contributed by atoms with Gasteiger partial charge in [-0.1, -0.05) is 28.9 Å². The minimum absolute atomic E-state index is 0.234. The Morgan fingerprint density at radius 1 is 1.27 bits per heavy atom. The number of nitrogens with zero attached hydrogens (tertiary/aromatic N) is 3. The molecular weight excluding hydrogens is 306 g/mol. The number of aliphatic hydroxyl groups excluding tert-OH is 1. The molecule has 1 heterocycles. The van der Waals surface area contributed by atoms with E-state index in [4.69, 9.17) is 21.1 Å². The summed E-state index contributed by atoms with van der Waals surface area (Å²) >= 11 is 5.97. The van der Waals surface area contributed by atoms with Gasteiger partial charge in [0.25, 0.3) is 0 Å². The molecule has 0 radical (unpaired) electrons. The molecule has 1 aromatic heterocycles. The van der Waals surface area contributed by atoms with Gasteiger partial charge in [0.05, 0.1) is 12.7 Å². The third kappa shape index (κ3) is 4.51. The molecule has 0 aliphatic rings. The van der Waals surface area contributed by atoms with Crippen LogP contribution in [0.2, 0.25) is 5.02 Å². The van der Waals surface area contributed by atoms with Crippen molar-refractivity contribution >= 4 is 11.6 Å². The van der Waals surface area contributed by atoms with Gasteiger partial charge in [0, 0.05) is 23.8 Å². The molecule has 120 valence electrons. The van der Waals surface area contributed by atoms with Crippen molar-refractivity contribution < 1.29 is 14.6 Å². The Morgan fingerprint density at radius 3 is 2.64 bits per heavy atom. The molecule has 2 aromatic rings. The summed E-state index contributed by atoms with van der Waals surface area (Å²) in [7, 11) is 0. The molecule has 6 nitrogen and oxygen atoms in total. The fraction of sp³-hybridized carbons (Fsp3) is 0.467. The Labute approximate surface area is 134 Å². The SMILES string of the molecule is CCOC(OCC)C(O)Cn1cc(-c2cccc(Cl)c2)nn1. The Hall–Kier alpha value is -1.47. The van der Waals surface area contributed by atoms with Crippen LogP contribution < -0.4 is 0 Å². The highest BCUT2D eigenvalue weighted by molar-refractivity contribution is 6.30. The number of hydrogen-bond donors (Lipinski definition) is 1. The van der Waals surface area contributed by atoms with Crippen LogP contribution in [0.3, 0.4) is 0 Å². The molecule has 0 bridgehead atoms. The van der Waals surface area contributed by atoms with Crippen molar-refractivity contribution in [2.75, 3.05) is 13.2 Å². The van der Waals surface area contributed by atoms with E-state index in [-0.39, 0.29) is 6.54 Å². The van der Waals surface area contributed by atoms with Gasteiger partial charge in [0.15, 0.2) is 6.29 Å². The zero-order valence-electron chi connectivity index (χ0n) is 12.6. The van der Waals surface area contributed by atoms with Crippen LogP contribution >= 0.6 is 11.6 Å². The number of ether oxygens (including phenoxy) is 2. The van der Waals surface area contributed by atoms with Crippen LogP contribution in [-0.2, 0) is 16.0 Å². The second kappa shape index (κ2) is 8.24. The van der Waals surface area contributed by atoms with Crippen molar-refractivity contribution in [3.63, 3.8) is 0 Å². The maximum Gasteiger partial charge on any atom is 0.185 e. The number of rotatable bonds is 8. The van der Waals surface area contributed by atoms with Gasteiger partial charge in [-0.3, -0.25) is 0 Å². The number of hydrogen-bond acceptors (Lipinski definition) is 5. The molecule has 1 atom stereocenters. The minimum Gasteiger partial charge on any atom is -0.386 e. The maximum atomic E-state index is 10.2. The first-order chi connectivity index (χ1) is 10.6. The van der Waals surface area contributed by atoms with Crippen LogP contribution in [0.4, 0.5) is 0 Å². The van der Waals surface area contributed by atoms with Crippen LogP contribution in [0.15, 0.2) is 30.5 Å². The third-order valence-corrected chi connectivity index (χ3v) is 3.24. The van der Waals surface area contributed by atoms with E-state index < -0.39 is 12.4 Å². The number of benzene rings is 1. The minimum atomic E-state index is -0.825. The van der Waals surface area contributed by atoms with Gasteiger partial charge in [0.1, 0.15) is 11.8 Å². The molecule has 22 heavy (non-hydrogen) atoms. The average Bonchev–Trinajstić information content (AvgIpc) is 2.95. The lowest BCUT2D eigenvalue weighted by Gasteiger charge is -2.22. The summed E-state index contributed by atoms with van der Waals surface area (Å²) in [5.41, 5.74) is 1.57. The average molecular weight is 326 g/mol. The predicted octanol–water partition coefficient (Wildman–Crippen LogP) is 2.36. The lowest BCUT2D eigenvalue weighted by atomic mass is 10.2. The highest BCUT2D eigenvalue weighted by Gasteiger charge is 2.21. The molecule has 1 unspecified atom stereocenters. The van der Waals surface area contributed by atoms with E-state index >= 15 is 0 Å². The van der Waals surface area contributed by atoms with Crippen LogP contribution in [-0.4, -0.2) is 45.7 Å². The van der Waals surface area contributed by atoms with Crippen molar-refractivity contribution in [1.82, 2.24) is 15.0 Å². The lowest BCUT2D eigenvalue weighted by Crippen LogP contribution is -2.35. The number of halogens is 1. The highest BCUT2D eigenvalue weighted by Crippen LogP contribution is 2.20. The van der Waals surface area contributed by atoms with Gasteiger partial charge >= 0.3 is 0 Å². The van der Waals surface area contributed by atoms with E-state index in [1.165, 1.54) is 0 Å². The smallest absolute Gasteiger partial charge is 0.185 e. The second-order valence-electron chi connectivity index (χ2n) is 4.68. The second-order valence-corrected chi connectivity index (χ2v) is 5.12. The Bertz CT molecular complexity index is 585. The summed E-state index contributed by atoms with van der Waals surface area (Å²) in [5.74, 6) is 0. The van der Waals surface area contributed by atoms with Gasteiger partial charge in [-0.05, 0) is 26.0 Å². The Kier molecular flexibility index (Phi) is 6.33. The quantitative estimate of drug-likeness (QED) is 0.754. The first kappa shape index (κ1) is 16.9. The zero-order valence-corrected chi connectivity index (χ0v) is 13.4. The summed E-state index contributed by atoms with van der Waals surface area (Å²) < 4.78 is 12.3. The zero-order chi connectivity index (χ0) is 15.9. The molecule has 0 amide bonds. The molecule has 7 heteroatoms. The first-order valence-electron chi connectivity index (χ1n) is 7.21. The summed E-state index contributed by atoms with van der Waals surface area (Å²) in [4.78, 5) is 0. The van der Waals surface area contributed by atoms with Crippen LogP contribution in [0.1, 0.15) is 13.8 Å². The lowest BCUT2D eigenvalue weighted by molar-refractivity contribution is -0.192. The van der Waals surface area contributed by atoms with Gasteiger partial charge in [-0.25, -0.2) is 4.68 Å². The van der Waals surface area contributed by atoms with Crippen molar-refractivity contribution in [2.45, 2.75) is 32.8 Å². The molecule has 0 fully saturated rings. The normalized spacial score (nSPS) is 12.8. The topological polar surface area (TPSA) is 69.4 Å². The molecule has 0 spiro atoms. The van der Waals surface area contributed by atoms with E-state index in [2.05, 4.69) is 10.3 Å². The number of aliphatic hydroxyl groups is 1. The van der Waals surface area contributed by atoms with Crippen molar-refractivity contribution in [3.8, 4) is 11.3 Å². The summed E-state index contributed by atoms with van der Waals surface area (Å²) in [5, 5.41) is 18.9. The summed E-state index contributed by atoms with van der Waals surface area (Å²) in [6.45, 7) is 4.87. The third-order valence-electron chi connectivity index (χ3n) is 3.01. The molecule has 1 aromatic carbocycles. The number of aromatic nitrogens is 3. The van der Waals surface area contributed by atoms with Crippen molar-refractivity contribution in [3.05, 3.63) is 35.5 Å². The molecule has 0 aliphatic carbocycles. The Balaban J connectivity index is 2.05. The van der Waals surface area contributed by atoms with Crippen molar-refractivity contribution in [2.24, 2.45) is 0 Å². The van der Waals surface area contributed by atoms with E-state index in [1.807, 2.05) is 32.0 Å². The van der Waals surface area contributed by atoms with Gasteiger partial charge in [0.2, 0.25) is 0 Å².